The topological polar surface area (TPSA) is 79.1 Å². The summed E-state index contributed by atoms with van der Waals surface area (Å²) in [6, 6.07) is 17.8. The molecule has 0 aliphatic rings. The lowest BCUT2D eigenvalue weighted by Crippen LogP contribution is -2.06. The zero-order valence-corrected chi connectivity index (χ0v) is 18.3. The van der Waals surface area contributed by atoms with Gasteiger partial charge in [0.05, 0.1) is 18.1 Å². The van der Waals surface area contributed by atoms with Gasteiger partial charge in [-0.2, -0.15) is 0 Å². The van der Waals surface area contributed by atoms with Crippen LogP contribution < -0.4 is 20.5 Å². The smallest absolute Gasteiger partial charge is 0.323 e. The fourth-order valence-electron chi connectivity index (χ4n) is 3.24. The van der Waals surface area contributed by atoms with E-state index in [0.29, 0.717) is 24.7 Å². The summed E-state index contributed by atoms with van der Waals surface area (Å²) in [5.74, 6) is 1.36. The number of ether oxygens (including phenoxy) is 2. The van der Waals surface area contributed by atoms with Crippen LogP contribution >= 0.6 is 15.9 Å². The fraction of sp³-hybridized carbons (Fsp3) is 0.174. The highest BCUT2D eigenvalue weighted by Crippen LogP contribution is 2.37. The number of aromatic amines is 2. The Labute approximate surface area is 182 Å². The molecule has 1 heterocycles. The number of halogens is 1. The minimum absolute atomic E-state index is 0.218. The van der Waals surface area contributed by atoms with Gasteiger partial charge in [-0.1, -0.05) is 45.8 Å². The minimum atomic E-state index is -0.218. The largest absolute Gasteiger partial charge is 0.493 e. The zero-order valence-electron chi connectivity index (χ0n) is 16.7. The maximum Gasteiger partial charge on any atom is 0.323 e. The number of imidazole rings is 1. The normalized spacial score (nSPS) is 10.9. The number of nitrogens with one attached hydrogen (secondary N) is 3. The number of benzene rings is 3. The lowest BCUT2D eigenvalue weighted by molar-refractivity contribution is 0.281. The first-order valence-corrected chi connectivity index (χ1v) is 10.3. The van der Waals surface area contributed by atoms with Gasteiger partial charge < -0.3 is 24.8 Å². The van der Waals surface area contributed by atoms with Crippen molar-refractivity contribution >= 4 is 32.7 Å². The summed E-state index contributed by atoms with van der Waals surface area (Å²) in [4.78, 5) is 17.0. The molecule has 7 heteroatoms. The lowest BCUT2D eigenvalue weighted by Gasteiger charge is -2.18. The Morgan fingerprint density at radius 2 is 1.77 bits per heavy atom. The molecule has 3 N–H and O–H groups in total. The Hall–Kier alpha value is -3.19. The maximum atomic E-state index is 11.5. The summed E-state index contributed by atoms with van der Waals surface area (Å²) in [7, 11) is 1.63. The first-order chi connectivity index (χ1) is 14.5. The summed E-state index contributed by atoms with van der Waals surface area (Å²) in [5, 5.41) is 3.40. The highest BCUT2D eigenvalue weighted by molar-refractivity contribution is 9.10. The molecule has 0 radical (unpaired) electrons. The molecular formula is C23H22BrN3O3. The van der Waals surface area contributed by atoms with Gasteiger partial charge in [0.15, 0.2) is 11.5 Å². The molecule has 4 rings (SSSR count). The first kappa shape index (κ1) is 20.1. The molecule has 0 amide bonds. The molecule has 4 aromatic rings. The molecule has 154 valence electrons. The Morgan fingerprint density at radius 3 is 2.53 bits per heavy atom. The van der Waals surface area contributed by atoms with Crippen LogP contribution in [0.2, 0.25) is 0 Å². The molecule has 0 aliphatic carbocycles. The van der Waals surface area contributed by atoms with E-state index in [0.717, 1.165) is 32.3 Å². The van der Waals surface area contributed by atoms with Gasteiger partial charge in [-0.05, 0) is 42.8 Å². The summed E-state index contributed by atoms with van der Waals surface area (Å²) in [6.07, 6.45) is 0. The predicted octanol–water partition coefficient (Wildman–Crippen LogP) is 5.13. The molecule has 0 fully saturated rings. The molecule has 3 aromatic carbocycles. The number of aryl methyl sites for hydroxylation is 1. The van der Waals surface area contributed by atoms with Crippen LogP contribution in [0.5, 0.6) is 11.5 Å². The Morgan fingerprint density at radius 1 is 1.00 bits per heavy atom. The molecule has 0 spiro atoms. The third-order valence-electron chi connectivity index (χ3n) is 4.88. The second-order valence-electron chi connectivity index (χ2n) is 7.02. The van der Waals surface area contributed by atoms with Crippen LogP contribution in [-0.4, -0.2) is 17.1 Å². The van der Waals surface area contributed by atoms with Crippen LogP contribution in [0.3, 0.4) is 0 Å². The molecule has 0 aliphatic heterocycles. The van der Waals surface area contributed by atoms with Gasteiger partial charge in [-0.25, -0.2) is 4.79 Å². The number of hydrogen-bond acceptors (Lipinski definition) is 4. The number of aromatic nitrogens is 2. The van der Waals surface area contributed by atoms with Crippen molar-refractivity contribution in [2.24, 2.45) is 0 Å². The van der Waals surface area contributed by atoms with Crippen LogP contribution in [0.1, 0.15) is 16.7 Å². The molecule has 1 aromatic heterocycles. The third kappa shape index (κ3) is 4.36. The number of H-pyrrole nitrogens is 2. The van der Waals surface area contributed by atoms with Crippen LogP contribution in [0, 0.1) is 6.92 Å². The van der Waals surface area contributed by atoms with Crippen LogP contribution in [0.4, 0.5) is 5.69 Å². The lowest BCUT2D eigenvalue weighted by atomic mass is 10.1. The van der Waals surface area contributed by atoms with E-state index >= 15 is 0 Å². The molecule has 0 saturated heterocycles. The highest BCUT2D eigenvalue weighted by Gasteiger charge is 2.15. The van der Waals surface area contributed by atoms with E-state index in [1.165, 1.54) is 5.56 Å². The second-order valence-corrected chi connectivity index (χ2v) is 7.88. The molecular weight excluding hydrogens is 446 g/mol. The van der Waals surface area contributed by atoms with Crippen LogP contribution in [-0.2, 0) is 13.2 Å². The van der Waals surface area contributed by atoms with E-state index in [9.17, 15) is 4.79 Å². The predicted molar refractivity (Wildman–Crippen MR) is 122 cm³/mol. The number of methoxy groups -OCH3 is 1. The van der Waals surface area contributed by atoms with E-state index in [4.69, 9.17) is 9.47 Å². The maximum absolute atomic E-state index is 11.5. The van der Waals surface area contributed by atoms with Gasteiger partial charge in [0.2, 0.25) is 0 Å². The standard InChI is InChI=1S/C23H22BrN3O3/c1-14-3-5-15(6-4-14)13-30-22-17(18(24)8-10-21(22)29-2)12-25-16-7-9-19-20(11-16)27-23(28)26-19/h3-11,25H,12-13H2,1-2H3,(H2,26,27,28). The minimum Gasteiger partial charge on any atom is -0.493 e. The van der Waals surface area contributed by atoms with Crippen molar-refractivity contribution in [2.45, 2.75) is 20.1 Å². The van der Waals surface area contributed by atoms with Crippen molar-refractivity contribution in [3.63, 3.8) is 0 Å². The van der Waals surface area contributed by atoms with Gasteiger partial charge in [0, 0.05) is 22.3 Å². The average Bonchev–Trinajstić information content (AvgIpc) is 3.12. The third-order valence-corrected chi connectivity index (χ3v) is 5.62. The van der Waals surface area contributed by atoms with Gasteiger partial charge >= 0.3 is 5.69 Å². The number of hydrogen-bond donors (Lipinski definition) is 3. The SMILES string of the molecule is COc1ccc(Br)c(CNc2ccc3[nH]c(=O)[nH]c3c2)c1OCc1ccc(C)cc1. The van der Waals surface area contributed by atoms with E-state index in [2.05, 4.69) is 62.4 Å². The highest BCUT2D eigenvalue weighted by atomic mass is 79.9. The molecule has 30 heavy (non-hydrogen) atoms. The summed E-state index contributed by atoms with van der Waals surface area (Å²) in [6.45, 7) is 3.02. The first-order valence-electron chi connectivity index (χ1n) is 9.53. The summed E-state index contributed by atoms with van der Waals surface area (Å²) >= 11 is 3.63. The van der Waals surface area contributed by atoms with E-state index in [1.807, 2.05) is 30.3 Å². The van der Waals surface area contributed by atoms with Crippen molar-refractivity contribution in [3.8, 4) is 11.5 Å². The quantitative estimate of drug-likeness (QED) is 0.352. The van der Waals surface area contributed by atoms with Crippen molar-refractivity contribution in [2.75, 3.05) is 12.4 Å². The van der Waals surface area contributed by atoms with Crippen molar-refractivity contribution < 1.29 is 9.47 Å². The van der Waals surface area contributed by atoms with Gasteiger partial charge in [0.25, 0.3) is 0 Å². The van der Waals surface area contributed by atoms with Crippen LogP contribution in [0.25, 0.3) is 11.0 Å². The van der Waals surface area contributed by atoms with E-state index in [-0.39, 0.29) is 5.69 Å². The molecule has 0 bridgehead atoms. The number of rotatable bonds is 7. The Balaban J connectivity index is 1.57. The Kier molecular flexibility index (Phi) is 5.81. The van der Waals surface area contributed by atoms with E-state index in [1.54, 1.807) is 7.11 Å². The van der Waals surface area contributed by atoms with Crippen LogP contribution in [0.15, 0.2) is 63.9 Å². The molecule has 6 nitrogen and oxygen atoms in total. The zero-order chi connectivity index (χ0) is 21.1. The van der Waals surface area contributed by atoms with Crippen molar-refractivity contribution in [1.82, 2.24) is 9.97 Å². The summed E-state index contributed by atoms with van der Waals surface area (Å²) < 4.78 is 12.6. The summed E-state index contributed by atoms with van der Waals surface area (Å²) in [5.41, 5.74) is 5.44. The van der Waals surface area contributed by atoms with E-state index < -0.39 is 0 Å². The monoisotopic (exact) mass is 467 g/mol. The Bertz CT molecular complexity index is 1230. The van der Waals surface area contributed by atoms with Gasteiger partial charge in [0.1, 0.15) is 6.61 Å². The number of fused-ring (bicyclic) bond motifs is 1. The fourth-order valence-corrected chi connectivity index (χ4v) is 3.69. The average molecular weight is 468 g/mol. The molecule has 0 saturated carbocycles. The molecule has 0 atom stereocenters. The van der Waals surface area contributed by atoms with Gasteiger partial charge in [-0.3, -0.25) is 0 Å². The van der Waals surface area contributed by atoms with Crippen molar-refractivity contribution in [1.29, 1.82) is 0 Å². The number of anilines is 1. The second kappa shape index (κ2) is 8.67. The van der Waals surface area contributed by atoms with Gasteiger partial charge in [-0.15, -0.1) is 0 Å². The van der Waals surface area contributed by atoms with Crippen molar-refractivity contribution in [3.05, 3.63) is 86.2 Å². The molecule has 0 unspecified atom stereocenters.